The monoisotopic (exact) mass is 531 g/mol. The number of carbonyl (C=O) groups excluding carboxylic acids is 2. The number of nitrogens with one attached hydrogen (secondary N) is 2. The first-order valence-corrected chi connectivity index (χ1v) is 12.2. The van der Waals surface area contributed by atoms with Gasteiger partial charge in [0.25, 0.3) is 11.8 Å². The number of methoxy groups -OCH3 is 2. The molecular formula is C24H26BrN3O4S. The SMILES string of the molecule is CCCC/C(=N\NC(=O)CNC(=O)c1cc(OC)c(OC)cc1Br)c1csc2ccccc12. The summed E-state index contributed by atoms with van der Waals surface area (Å²) >= 11 is 5.01. The van der Waals surface area contributed by atoms with E-state index in [-0.39, 0.29) is 6.54 Å². The second-order valence-corrected chi connectivity index (χ2v) is 8.98. The quantitative estimate of drug-likeness (QED) is 0.280. The van der Waals surface area contributed by atoms with Gasteiger partial charge in [-0.25, -0.2) is 5.43 Å². The molecular weight excluding hydrogens is 506 g/mol. The van der Waals surface area contributed by atoms with Crippen LogP contribution in [0.4, 0.5) is 0 Å². The number of amides is 2. The number of carbonyl (C=O) groups is 2. The number of rotatable bonds is 10. The molecule has 1 aromatic heterocycles. The summed E-state index contributed by atoms with van der Waals surface area (Å²) in [5.74, 6) is 0.0856. The number of hydrogen-bond acceptors (Lipinski definition) is 6. The molecule has 33 heavy (non-hydrogen) atoms. The average molecular weight is 532 g/mol. The molecule has 7 nitrogen and oxygen atoms in total. The number of fused-ring (bicyclic) bond motifs is 1. The third kappa shape index (κ3) is 6.11. The van der Waals surface area contributed by atoms with E-state index in [1.165, 1.54) is 18.9 Å². The maximum Gasteiger partial charge on any atom is 0.259 e. The molecule has 0 bridgehead atoms. The zero-order valence-electron chi connectivity index (χ0n) is 18.7. The molecule has 2 N–H and O–H groups in total. The number of hydrogen-bond donors (Lipinski definition) is 2. The van der Waals surface area contributed by atoms with Crippen LogP contribution in [0.25, 0.3) is 10.1 Å². The second-order valence-electron chi connectivity index (χ2n) is 7.21. The van der Waals surface area contributed by atoms with E-state index in [1.54, 1.807) is 23.5 Å². The lowest BCUT2D eigenvalue weighted by Gasteiger charge is -2.12. The van der Waals surface area contributed by atoms with Crippen molar-refractivity contribution in [2.75, 3.05) is 20.8 Å². The van der Waals surface area contributed by atoms with Crippen molar-refractivity contribution in [3.05, 3.63) is 57.4 Å². The van der Waals surface area contributed by atoms with Gasteiger partial charge in [0.05, 0.1) is 32.0 Å². The van der Waals surface area contributed by atoms with Gasteiger partial charge in [-0.05, 0) is 47.0 Å². The number of unbranched alkanes of at least 4 members (excludes halogenated alkanes) is 1. The van der Waals surface area contributed by atoms with Crippen molar-refractivity contribution >= 4 is 54.9 Å². The van der Waals surface area contributed by atoms with E-state index in [9.17, 15) is 9.59 Å². The zero-order chi connectivity index (χ0) is 23.8. The topological polar surface area (TPSA) is 89.0 Å². The molecule has 2 amide bonds. The largest absolute Gasteiger partial charge is 0.493 e. The highest BCUT2D eigenvalue weighted by atomic mass is 79.9. The van der Waals surface area contributed by atoms with E-state index in [0.717, 1.165) is 35.9 Å². The first kappa shape index (κ1) is 24.7. The minimum atomic E-state index is -0.419. The predicted molar refractivity (Wildman–Crippen MR) is 136 cm³/mol. The van der Waals surface area contributed by atoms with E-state index < -0.39 is 11.8 Å². The fraction of sp³-hybridized carbons (Fsp3) is 0.292. The molecule has 0 saturated heterocycles. The zero-order valence-corrected chi connectivity index (χ0v) is 21.1. The Morgan fingerprint density at radius 1 is 1.09 bits per heavy atom. The van der Waals surface area contributed by atoms with Crippen LogP contribution in [0, 0.1) is 0 Å². The lowest BCUT2D eigenvalue weighted by atomic mass is 10.0. The Morgan fingerprint density at radius 2 is 1.82 bits per heavy atom. The Hall–Kier alpha value is -2.91. The van der Waals surface area contributed by atoms with Gasteiger partial charge in [-0.3, -0.25) is 9.59 Å². The Bertz CT molecular complexity index is 1180. The van der Waals surface area contributed by atoms with Gasteiger partial charge >= 0.3 is 0 Å². The molecule has 0 aliphatic heterocycles. The standard InChI is InChI=1S/C24H26BrN3O4S/c1-4-5-9-19(17-14-33-22-10-7-6-8-15(17)22)27-28-23(29)13-26-24(30)16-11-20(31-2)21(32-3)12-18(16)25/h6-8,10-12,14H,4-5,9,13H2,1-3H3,(H,26,30)(H,28,29)/b27-19+. The number of ether oxygens (including phenoxy) is 2. The third-order valence-corrected chi connectivity index (χ3v) is 6.62. The maximum atomic E-state index is 12.6. The van der Waals surface area contributed by atoms with Crippen LogP contribution in [0.3, 0.4) is 0 Å². The minimum absolute atomic E-state index is 0.214. The highest BCUT2D eigenvalue weighted by molar-refractivity contribution is 9.10. The summed E-state index contributed by atoms with van der Waals surface area (Å²) in [5.41, 5.74) is 4.78. The van der Waals surface area contributed by atoms with Crippen LogP contribution >= 0.6 is 27.3 Å². The molecule has 1 heterocycles. The van der Waals surface area contributed by atoms with Crippen molar-refractivity contribution in [1.82, 2.24) is 10.7 Å². The highest BCUT2D eigenvalue weighted by Crippen LogP contribution is 2.33. The fourth-order valence-corrected chi connectivity index (χ4v) is 4.72. The fourth-order valence-electron chi connectivity index (χ4n) is 3.25. The van der Waals surface area contributed by atoms with Gasteiger partial charge in [-0.1, -0.05) is 31.5 Å². The van der Waals surface area contributed by atoms with Crippen molar-refractivity contribution in [2.45, 2.75) is 26.2 Å². The van der Waals surface area contributed by atoms with Crippen molar-refractivity contribution in [2.24, 2.45) is 5.10 Å². The summed E-state index contributed by atoms with van der Waals surface area (Å²) in [6.45, 7) is 1.90. The molecule has 3 aromatic rings. The van der Waals surface area contributed by atoms with Gasteiger partial charge in [0.2, 0.25) is 0 Å². The minimum Gasteiger partial charge on any atom is -0.493 e. The third-order valence-electron chi connectivity index (χ3n) is 5.00. The number of benzene rings is 2. The summed E-state index contributed by atoms with van der Waals surface area (Å²) in [4.78, 5) is 25.0. The van der Waals surface area contributed by atoms with Crippen LogP contribution < -0.4 is 20.2 Å². The molecule has 0 spiro atoms. The summed E-state index contributed by atoms with van der Waals surface area (Å²) < 4.78 is 12.2. The van der Waals surface area contributed by atoms with Gasteiger partial charge < -0.3 is 14.8 Å². The van der Waals surface area contributed by atoms with Crippen LogP contribution in [0.5, 0.6) is 11.5 Å². The van der Waals surface area contributed by atoms with Crippen LogP contribution in [0.1, 0.15) is 42.1 Å². The Labute approximate surface area is 205 Å². The Morgan fingerprint density at radius 3 is 2.55 bits per heavy atom. The molecule has 0 fully saturated rings. The number of hydrazone groups is 1. The number of nitrogens with zero attached hydrogens (tertiary/aromatic N) is 1. The van der Waals surface area contributed by atoms with Gasteiger partial charge in [-0.15, -0.1) is 11.3 Å². The molecule has 3 rings (SSSR count). The highest BCUT2D eigenvalue weighted by Gasteiger charge is 2.17. The Kier molecular flexibility index (Phi) is 8.85. The van der Waals surface area contributed by atoms with E-state index >= 15 is 0 Å². The van der Waals surface area contributed by atoms with E-state index in [0.29, 0.717) is 21.5 Å². The predicted octanol–water partition coefficient (Wildman–Crippen LogP) is 5.12. The van der Waals surface area contributed by atoms with Crippen molar-refractivity contribution in [1.29, 1.82) is 0 Å². The van der Waals surface area contributed by atoms with Crippen LogP contribution in [0.15, 0.2) is 51.4 Å². The molecule has 0 atom stereocenters. The normalized spacial score (nSPS) is 11.3. The second kappa shape index (κ2) is 11.8. The van der Waals surface area contributed by atoms with Crippen LogP contribution in [-0.4, -0.2) is 38.3 Å². The molecule has 9 heteroatoms. The van der Waals surface area contributed by atoms with Crippen molar-refractivity contribution in [3.63, 3.8) is 0 Å². The first-order chi connectivity index (χ1) is 16.0. The molecule has 0 aliphatic carbocycles. The van der Waals surface area contributed by atoms with Crippen molar-refractivity contribution in [3.8, 4) is 11.5 Å². The molecule has 0 aliphatic rings. The Balaban J connectivity index is 1.68. The van der Waals surface area contributed by atoms with Gasteiger partial charge in [-0.2, -0.15) is 5.10 Å². The molecule has 0 unspecified atom stereocenters. The van der Waals surface area contributed by atoms with E-state index in [1.807, 2.05) is 12.1 Å². The summed E-state index contributed by atoms with van der Waals surface area (Å²) in [5, 5.41) is 10.2. The number of halogens is 1. The van der Waals surface area contributed by atoms with E-state index in [4.69, 9.17) is 9.47 Å². The average Bonchev–Trinajstić information content (AvgIpc) is 3.26. The molecule has 174 valence electrons. The van der Waals surface area contributed by atoms with Gasteiger partial charge in [0.15, 0.2) is 11.5 Å². The van der Waals surface area contributed by atoms with E-state index in [2.05, 4.69) is 56.2 Å². The molecule has 2 aromatic carbocycles. The maximum absolute atomic E-state index is 12.6. The lowest BCUT2D eigenvalue weighted by molar-refractivity contribution is -0.120. The number of thiophene rings is 1. The van der Waals surface area contributed by atoms with Crippen molar-refractivity contribution < 1.29 is 19.1 Å². The lowest BCUT2D eigenvalue weighted by Crippen LogP contribution is -2.35. The summed E-state index contributed by atoms with van der Waals surface area (Å²) in [7, 11) is 3.01. The smallest absolute Gasteiger partial charge is 0.259 e. The molecule has 0 saturated carbocycles. The molecule has 0 radical (unpaired) electrons. The van der Waals surface area contributed by atoms with Crippen LogP contribution in [0.2, 0.25) is 0 Å². The van der Waals surface area contributed by atoms with Crippen LogP contribution in [-0.2, 0) is 4.79 Å². The summed E-state index contributed by atoms with van der Waals surface area (Å²) in [6.07, 6.45) is 2.73. The first-order valence-electron chi connectivity index (χ1n) is 10.5. The van der Waals surface area contributed by atoms with Gasteiger partial charge in [0, 0.05) is 25.5 Å². The van der Waals surface area contributed by atoms with Gasteiger partial charge in [0.1, 0.15) is 0 Å². The summed E-state index contributed by atoms with van der Waals surface area (Å²) in [6, 6.07) is 11.3.